The fraction of sp³-hybridized carbons (Fsp3) is 0.467. The standard InChI is InChI=1S/C15H22N4O/c1-2-7-17-15(20)6-9-18-10-12-19(13-11-18)14-5-3-4-8-16-14/h2-5,8H,1,6-7,9-13H2,(H,17,20). The topological polar surface area (TPSA) is 48.5 Å². The van der Waals surface area contributed by atoms with Crippen molar-refractivity contribution in [2.24, 2.45) is 0 Å². The van der Waals surface area contributed by atoms with Gasteiger partial charge >= 0.3 is 0 Å². The average molecular weight is 274 g/mol. The number of carbonyl (C=O) groups is 1. The van der Waals surface area contributed by atoms with Gasteiger partial charge in [-0.25, -0.2) is 4.98 Å². The lowest BCUT2D eigenvalue weighted by atomic mass is 10.2. The maximum absolute atomic E-state index is 11.5. The van der Waals surface area contributed by atoms with Crippen molar-refractivity contribution in [1.29, 1.82) is 0 Å². The molecule has 5 heteroatoms. The summed E-state index contributed by atoms with van der Waals surface area (Å²) < 4.78 is 0. The molecule has 1 aromatic rings. The first-order valence-electron chi connectivity index (χ1n) is 7.05. The van der Waals surface area contributed by atoms with Gasteiger partial charge in [-0.3, -0.25) is 9.69 Å². The molecule has 0 spiro atoms. The largest absolute Gasteiger partial charge is 0.354 e. The van der Waals surface area contributed by atoms with Crippen molar-refractivity contribution >= 4 is 11.7 Å². The zero-order chi connectivity index (χ0) is 14.2. The second-order valence-electron chi connectivity index (χ2n) is 4.86. The van der Waals surface area contributed by atoms with Gasteiger partial charge in [0, 0.05) is 51.9 Å². The Hall–Kier alpha value is -1.88. The molecule has 2 heterocycles. The zero-order valence-corrected chi connectivity index (χ0v) is 11.8. The van der Waals surface area contributed by atoms with E-state index in [-0.39, 0.29) is 5.91 Å². The third kappa shape index (κ3) is 4.35. The molecule has 0 aliphatic carbocycles. The number of carbonyl (C=O) groups excluding carboxylic acids is 1. The molecule has 1 aliphatic rings. The lowest BCUT2D eigenvalue weighted by Gasteiger charge is -2.35. The van der Waals surface area contributed by atoms with Crippen LogP contribution in [0.15, 0.2) is 37.1 Å². The Bertz CT molecular complexity index is 427. The summed E-state index contributed by atoms with van der Waals surface area (Å²) >= 11 is 0. The monoisotopic (exact) mass is 274 g/mol. The average Bonchev–Trinajstić information content (AvgIpc) is 2.52. The van der Waals surface area contributed by atoms with Crippen molar-refractivity contribution in [1.82, 2.24) is 15.2 Å². The molecule has 1 aliphatic heterocycles. The van der Waals surface area contributed by atoms with Crippen LogP contribution in [0.2, 0.25) is 0 Å². The highest BCUT2D eigenvalue weighted by molar-refractivity contribution is 5.76. The van der Waals surface area contributed by atoms with Crippen LogP contribution < -0.4 is 10.2 Å². The Labute approximate surface area is 120 Å². The van der Waals surface area contributed by atoms with Crippen molar-refractivity contribution in [3.8, 4) is 0 Å². The third-order valence-electron chi connectivity index (χ3n) is 3.44. The molecule has 108 valence electrons. The van der Waals surface area contributed by atoms with Crippen LogP contribution in [0, 0.1) is 0 Å². The van der Waals surface area contributed by atoms with Gasteiger partial charge in [0.05, 0.1) is 0 Å². The number of pyridine rings is 1. The highest BCUT2D eigenvalue weighted by atomic mass is 16.1. The molecule has 1 N–H and O–H groups in total. The van der Waals surface area contributed by atoms with Gasteiger partial charge in [-0.2, -0.15) is 0 Å². The van der Waals surface area contributed by atoms with E-state index in [0.29, 0.717) is 13.0 Å². The lowest BCUT2D eigenvalue weighted by Crippen LogP contribution is -2.47. The molecule has 0 aromatic carbocycles. The first kappa shape index (κ1) is 14.5. The van der Waals surface area contributed by atoms with Gasteiger partial charge in [0.1, 0.15) is 5.82 Å². The smallest absolute Gasteiger partial charge is 0.221 e. The van der Waals surface area contributed by atoms with E-state index in [2.05, 4.69) is 26.7 Å². The van der Waals surface area contributed by atoms with Crippen LogP contribution in [0.3, 0.4) is 0 Å². The Morgan fingerprint density at radius 1 is 1.35 bits per heavy atom. The molecule has 5 nitrogen and oxygen atoms in total. The third-order valence-corrected chi connectivity index (χ3v) is 3.44. The minimum absolute atomic E-state index is 0.0945. The van der Waals surface area contributed by atoms with E-state index in [1.54, 1.807) is 6.08 Å². The number of rotatable bonds is 6. The van der Waals surface area contributed by atoms with Crippen molar-refractivity contribution in [3.63, 3.8) is 0 Å². The molecule has 2 rings (SSSR count). The molecule has 0 saturated carbocycles. The Morgan fingerprint density at radius 3 is 2.80 bits per heavy atom. The van der Waals surface area contributed by atoms with Crippen molar-refractivity contribution in [2.45, 2.75) is 6.42 Å². The number of hydrogen-bond donors (Lipinski definition) is 1. The van der Waals surface area contributed by atoms with Gasteiger partial charge in [-0.15, -0.1) is 6.58 Å². The van der Waals surface area contributed by atoms with Crippen LogP contribution >= 0.6 is 0 Å². The minimum Gasteiger partial charge on any atom is -0.354 e. The Balaban J connectivity index is 1.69. The highest BCUT2D eigenvalue weighted by Crippen LogP contribution is 2.12. The number of anilines is 1. The van der Waals surface area contributed by atoms with Crippen LogP contribution in [0.4, 0.5) is 5.82 Å². The molecule has 1 aromatic heterocycles. The van der Waals surface area contributed by atoms with E-state index in [1.165, 1.54) is 0 Å². The molecule has 0 bridgehead atoms. The lowest BCUT2D eigenvalue weighted by molar-refractivity contribution is -0.121. The van der Waals surface area contributed by atoms with Crippen LogP contribution in [0.1, 0.15) is 6.42 Å². The van der Waals surface area contributed by atoms with E-state index in [4.69, 9.17) is 0 Å². The van der Waals surface area contributed by atoms with Gasteiger partial charge in [0.2, 0.25) is 5.91 Å². The second kappa shape index (κ2) is 7.65. The van der Waals surface area contributed by atoms with Crippen LogP contribution in [0.25, 0.3) is 0 Å². The fourth-order valence-corrected chi connectivity index (χ4v) is 2.28. The van der Waals surface area contributed by atoms with E-state index in [9.17, 15) is 4.79 Å². The van der Waals surface area contributed by atoms with Crippen LogP contribution in [0.5, 0.6) is 0 Å². The summed E-state index contributed by atoms with van der Waals surface area (Å²) in [5, 5.41) is 2.80. The van der Waals surface area contributed by atoms with Gasteiger partial charge in [-0.05, 0) is 12.1 Å². The van der Waals surface area contributed by atoms with Gasteiger partial charge in [0.15, 0.2) is 0 Å². The second-order valence-corrected chi connectivity index (χ2v) is 4.86. The van der Waals surface area contributed by atoms with Crippen molar-refractivity contribution in [2.75, 3.05) is 44.2 Å². The number of hydrogen-bond acceptors (Lipinski definition) is 4. The zero-order valence-electron chi connectivity index (χ0n) is 11.8. The molecule has 20 heavy (non-hydrogen) atoms. The molecule has 0 atom stereocenters. The number of nitrogens with one attached hydrogen (secondary N) is 1. The molecular formula is C15H22N4O. The maximum atomic E-state index is 11.5. The fourth-order valence-electron chi connectivity index (χ4n) is 2.28. The highest BCUT2D eigenvalue weighted by Gasteiger charge is 2.17. The Morgan fingerprint density at radius 2 is 2.15 bits per heavy atom. The molecule has 1 fully saturated rings. The van der Waals surface area contributed by atoms with E-state index < -0.39 is 0 Å². The summed E-state index contributed by atoms with van der Waals surface area (Å²) in [6.45, 7) is 8.83. The number of piperazine rings is 1. The van der Waals surface area contributed by atoms with Crippen molar-refractivity contribution in [3.05, 3.63) is 37.1 Å². The molecule has 0 unspecified atom stereocenters. The molecule has 1 saturated heterocycles. The SMILES string of the molecule is C=CCNC(=O)CCN1CCN(c2ccccn2)CC1. The van der Waals surface area contributed by atoms with Crippen LogP contribution in [-0.4, -0.2) is 55.1 Å². The minimum atomic E-state index is 0.0945. The Kier molecular flexibility index (Phi) is 5.55. The van der Waals surface area contributed by atoms with E-state index >= 15 is 0 Å². The molecular weight excluding hydrogens is 252 g/mol. The number of aromatic nitrogens is 1. The van der Waals surface area contributed by atoms with Gasteiger partial charge in [0.25, 0.3) is 0 Å². The summed E-state index contributed by atoms with van der Waals surface area (Å²) in [7, 11) is 0. The molecule has 1 amide bonds. The summed E-state index contributed by atoms with van der Waals surface area (Å²) in [6, 6.07) is 5.98. The summed E-state index contributed by atoms with van der Waals surface area (Å²) in [5.74, 6) is 1.13. The number of amides is 1. The predicted octanol–water partition coefficient (Wildman–Crippen LogP) is 0.896. The first-order valence-corrected chi connectivity index (χ1v) is 7.05. The van der Waals surface area contributed by atoms with Gasteiger partial charge < -0.3 is 10.2 Å². The summed E-state index contributed by atoms with van der Waals surface area (Å²) in [5.41, 5.74) is 0. The maximum Gasteiger partial charge on any atom is 0.221 e. The van der Waals surface area contributed by atoms with Crippen LogP contribution in [-0.2, 0) is 4.79 Å². The van der Waals surface area contributed by atoms with E-state index in [0.717, 1.165) is 38.5 Å². The summed E-state index contributed by atoms with van der Waals surface area (Å²) in [4.78, 5) is 20.5. The van der Waals surface area contributed by atoms with Gasteiger partial charge in [-0.1, -0.05) is 12.1 Å². The predicted molar refractivity (Wildman–Crippen MR) is 80.7 cm³/mol. The summed E-state index contributed by atoms with van der Waals surface area (Å²) in [6.07, 6.45) is 4.08. The number of nitrogens with zero attached hydrogens (tertiary/aromatic N) is 3. The van der Waals surface area contributed by atoms with E-state index in [1.807, 2.05) is 24.4 Å². The normalized spacial score (nSPS) is 15.9. The molecule has 0 radical (unpaired) electrons. The first-order chi connectivity index (χ1) is 9.79. The quantitative estimate of drug-likeness (QED) is 0.783. The van der Waals surface area contributed by atoms with Crippen molar-refractivity contribution < 1.29 is 4.79 Å².